The van der Waals surface area contributed by atoms with Gasteiger partial charge in [-0.2, -0.15) is 8.78 Å². The minimum absolute atomic E-state index is 0.00819. The first-order valence-corrected chi connectivity index (χ1v) is 8.62. The Kier molecular flexibility index (Phi) is 8.13. The zero-order valence-electron chi connectivity index (χ0n) is 14.6. The van der Waals surface area contributed by atoms with Crippen LogP contribution in [-0.4, -0.2) is 31.6 Å². The Morgan fingerprint density at radius 3 is 2.46 bits per heavy atom. The summed E-state index contributed by atoms with van der Waals surface area (Å²) in [6, 6.07) is 10.0. The van der Waals surface area contributed by atoms with Gasteiger partial charge in [0, 0.05) is 17.1 Å². The van der Waals surface area contributed by atoms with Crippen LogP contribution in [0.15, 0.2) is 42.5 Å². The van der Waals surface area contributed by atoms with Crippen LogP contribution in [0, 0.1) is 5.82 Å². The average Bonchev–Trinajstić information content (AvgIpc) is 2.64. The molecule has 150 valence electrons. The molecule has 0 heterocycles. The van der Waals surface area contributed by atoms with Gasteiger partial charge >= 0.3 is 12.6 Å². The first kappa shape index (κ1) is 21.6. The molecule has 2 aromatic carbocycles. The summed E-state index contributed by atoms with van der Waals surface area (Å²) in [4.78, 5) is 23.4. The van der Waals surface area contributed by atoms with Crippen LogP contribution in [0.2, 0.25) is 5.02 Å². The number of hydrogen-bond donors (Lipinski definition) is 1. The smallest absolute Gasteiger partial charge is 0.387 e. The molecule has 0 saturated carbocycles. The summed E-state index contributed by atoms with van der Waals surface area (Å²) in [5, 5.41) is 2.66. The van der Waals surface area contributed by atoms with E-state index in [2.05, 4.69) is 10.1 Å². The van der Waals surface area contributed by atoms with Crippen LogP contribution in [0.3, 0.4) is 0 Å². The van der Waals surface area contributed by atoms with Crippen LogP contribution < -0.4 is 10.1 Å². The summed E-state index contributed by atoms with van der Waals surface area (Å²) in [7, 11) is 0. The normalized spacial score (nSPS) is 10.6. The van der Waals surface area contributed by atoms with Gasteiger partial charge in [0.15, 0.2) is 6.61 Å². The van der Waals surface area contributed by atoms with E-state index in [9.17, 15) is 22.8 Å². The maximum atomic E-state index is 13.6. The highest BCUT2D eigenvalue weighted by molar-refractivity contribution is 6.31. The van der Waals surface area contributed by atoms with Gasteiger partial charge in [0.05, 0.1) is 6.42 Å². The molecule has 0 fully saturated rings. The zero-order chi connectivity index (χ0) is 20.5. The summed E-state index contributed by atoms with van der Waals surface area (Å²) in [5.74, 6) is -1.88. The number of esters is 1. The monoisotopic (exact) mass is 415 g/mol. The molecule has 0 bridgehead atoms. The van der Waals surface area contributed by atoms with Crippen molar-refractivity contribution in [3.05, 3.63) is 64.4 Å². The van der Waals surface area contributed by atoms with E-state index in [1.807, 2.05) is 0 Å². The highest BCUT2D eigenvalue weighted by Gasteiger charge is 2.14. The van der Waals surface area contributed by atoms with Crippen LogP contribution in [-0.2, 0) is 27.2 Å². The second kappa shape index (κ2) is 10.6. The third-order valence-electron chi connectivity index (χ3n) is 3.63. The van der Waals surface area contributed by atoms with Gasteiger partial charge in [0.1, 0.15) is 11.6 Å². The topological polar surface area (TPSA) is 64.6 Å². The molecule has 0 saturated heterocycles. The Morgan fingerprint density at radius 1 is 1.11 bits per heavy atom. The molecule has 0 aliphatic rings. The highest BCUT2D eigenvalue weighted by atomic mass is 35.5. The second-order valence-corrected chi connectivity index (χ2v) is 6.07. The maximum Gasteiger partial charge on any atom is 0.387 e. The Labute approximate surface area is 164 Å². The fraction of sp³-hybridized carbons (Fsp3) is 0.263. The van der Waals surface area contributed by atoms with E-state index in [4.69, 9.17) is 16.3 Å². The molecule has 0 spiro atoms. The van der Waals surface area contributed by atoms with E-state index >= 15 is 0 Å². The van der Waals surface area contributed by atoms with Gasteiger partial charge in [0.25, 0.3) is 5.91 Å². The molecule has 1 N–H and O–H groups in total. The molecular weight excluding hydrogens is 399 g/mol. The van der Waals surface area contributed by atoms with E-state index in [-0.39, 0.29) is 29.3 Å². The molecule has 2 rings (SSSR count). The number of carbonyl (C=O) groups is 2. The molecule has 0 aromatic heterocycles. The third-order valence-corrected chi connectivity index (χ3v) is 3.99. The minimum atomic E-state index is -2.89. The predicted octanol–water partition coefficient (Wildman–Crippen LogP) is 3.53. The Bertz CT molecular complexity index is 795. The second-order valence-electron chi connectivity index (χ2n) is 5.66. The van der Waals surface area contributed by atoms with Crippen molar-refractivity contribution in [2.75, 3.05) is 13.2 Å². The van der Waals surface area contributed by atoms with E-state index in [1.165, 1.54) is 30.3 Å². The van der Waals surface area contributed by atoms with E-state index in [0.29, 0.717) is 6.42 Å². The number of ether oxygens (including phenoxy) is 2. The van der Waals surface area contributed by atoms with Crippen molar-refractivity contribution in [2.24, 2.45) is 0 Å². The maximum absolute atomic E-state index is 13.6. The van der Waals surface area contributed by atoms with Crippen LogP contribution in [0.4, 0.5) is 13.2 Å². The molecule has 2 aromatic rings. The lowest BCUT2D eigenvalue weighted by molar-refractivity contribution is -0.147. The van der Waals surface area contributed by atoms with Gasteiger partial charge in [-0.1, -0.05) is 29.8 Å². The Balaban J connectivity index is 1.69. The fourth-order valence-electron chi connectivity index (χ4n) is 2.28. The Morgan fingerprint density at radius 2 is 1.82 bits per heavy atom. The fourth-order valence-corrected chi connectivity index (χ4v) is 2.51. The largest absolute Gasteiger partial charge is 0.455 e. The Hall–Kier alpha value is -2.74. The van der Waals surface area contributed by atoms with Crippen LogP contribution in [0.5, 0.6) is 5.75 Å². The number of alkyl halides is 2. The summed E-state index contributed by atoms with van der Waals surface area (Å²) in [6.07, 6.45) is 0.0608. The number of halogens is 4. The lowest BCUT2D eigenvalue weighted by Crippen LogP contribution is -2.30. The number of carbonyl (C=O) groups excluding carboxylic acids is 2. The molecule has 5 nitrogen and oxygen atoms in total. The van der Waals surface area contributed by atoms with E-state index in [0.717, 1.165) is 5.56 Å². The molecule has 9 heteroatoms. The van der Waals surface area contributed by atoms with Gasteiger partial charge in [0.2, 0.25) is 0 Å². The SMILES string of the molecule is O=C(COC(=O)Cc1c(F)cccc1Cl)NCCc1ccc(OC(F)F)cc1. The molecule has 0 aliphatic heterocycles. The summed E-state index contributed by atoms with van der Waals surface area (Å²) < 4.78 is 46.8. The summed E-state index contributed by atoms with van der Waals surface area (Å²) in [5.41, 5.74) is 0.807. The van der Waals surface area contributed by atoms with Crippen LogP contribution in [0.1, 0.15) is 11.1 Å². The molecule has 0 unspecified atom stereocenters. The third kappa shape index (κ3) is 7.11. The van der Waals surface area contributed by atoms with Crippen LogP contribution >= 0.6 is 11.6 Å². The quantitative estimate of drug-likeness (QED) is 0.636. The number of nitrogens with one attached hydrogen (secondary N) is 1. The van der Waals surface area contributed by atoms with E-state index < -0.39 is 30.9 Å². The average molecular weight is 416 g/mol. The highest BCUT2D eigenvalue weighted by Crippen LogP contribution is 2.19. The lowest BCUT2D eigenvalue weighted by Gasteiger charge is -2.09. The van der Waals surface area contributed by atoms with Crippen molar-refractivity contribution in [1.29, 1.82) is 0 Å². The van der Waals surface area contributed by atoms with Crippen molar-refractivity contribution in [3.63, 3.8) is 0 Å². The van der Waals surface area contributed by atoms with Crippen LogP contribution in [0.25, 0.3) is 0 Å². The number of hydrogen-bond acceptors (Lipinski definition) is 4. The number of amides is 1. The zero-order valence-corrected chi connectivity index (χ0v) is 15.3. The molecule has 28 heavy (non-hydrogen) atoms. The minimum Gasteiger partial charge on any atom is -0.455 e. The van der Waals surface area contributed by atoms with Crippen molar-refractivity contribution in [1.82, 2.24) is 5.32 Å². The van der Waals surface area contributed by atoms with Gasteiger partial charge in [-0.25, -0.2) is 4.39 Å². The molecule has 1 amide bonds. The van der Waals surface area contributed by atoms with E-state index in [1.54, 1.807) is 12.1 Å². The number of rotatable bonds is 9. The first-order chi connectivity index (χ1) is 13.3. The van der Waals surface area contributed by atoms with Crippen molar-refractivity contribution in [2.45, 2.75) is 19.5 Å². The summed E-state index contributed by atoms with van der Waals surface area (Å²) in [6.45, 7) is -3.14. The number of benzene rings is 2. The summed E-state index contributed by atoms with van der Waals surface area (Å²) >= 11 is 5.83. The van der Waals surface area contributed by atoms with Gasteiger partial charge < -0.3 is 14.8 Å². The van der Waals surface area contributed by atoms with Gasteiger partial charge in [-0.15, -0.1) is 0 Å². The van der Waals surface area contributed by atoms with Gasteiger partial charge in [-0.3, -0.25) is 9.59 Å². The molecular formula is C19H17ClF3NO4. The van der Waals surface area contributed by atoms with Crippen molar-refractivity contribution < 1.29 is 32.2 Å². The first-order valence-electron chi connectivity index (χ1n) is 8.24. The predicted molar refractivity (Wildman–Crippen MR) is 95.9 cm³/mol. The molecule has 0 aliphatic carbocycles. The molecule has 0 atom stereocenters. The van der Waals surface area contributed by atoms with Crippen molar-refractivity contribution in [3.8, 4) is 5.75 Å². The van der Waals surface area contributed by atoms with Crippen molar-refractivity contribution >= 4 is 23.5 Å². The standard InChI is InChI=1S/C19H17ClF3NO4/c20-15-2-1-3-16(21)14(15)10-18(26)27-11-17(25)24-9-8-12-4-6-13(7-5-12)28-19(22)23/h1-7,19H,8-11H2,(H,24,25). The molecule has 0 radical (unpaired) electrons. The lowest BCUT2D eigenvalue weighted by atomic mass is 10.1. The van der Waals surface area contributed by atoms with Gasteiger partial charge in [-0.05, 0) is 36.2 Å².